The molecule has 2 aromatic carbocycles. The molecule has 0 N–H and O–H groups in total. The quantitative estimate of drug-likeness (QED) is 0.369. The summed E-state index contributed by atoms with van der Waals surface area (Å²) >= 11 is 3.47. The van der Waals surface area contributed by atoms with Gasteiger partial charge in [0.05, 0.1) is 44.4 Å². The number of ether oxygens (including phenoxy) is 2. The van der Waals surface area contributed by atoms with Gasteiger partial charge in [-0.1, -0.05) is 46.3 Å². The van der Waals surface area contributed by atoms with Gasteiger partial charge in [-0.05, 0) is 35.4 Å². The molecule has 0 saturated heterocycles. The number of anilines is 1. The lowest BCUT2D eigenvalue weighted by Crippen LogP contribution is -2.63. The lowest BCUT2D eigenvalue weighted by atomic mass is 9.51. The molecule has 0 fully saturated rings. The Kier molecular flexibility index (Phi) is 6.61. The number of methoxy groups -OCH3 is 2. The topological polar surface area (TPSA) is 124 Å². The number of fused-ring (bicyclic) bond motifs is 5. The van der Waals surface area contributed by atoms with E-state index in [4.69, 9.17) is 9.47 Å². The number of hydrogen-bond acceptors (Lipinski definition) is 8. The van der Waals surface area contributed by atoms with E-state index in [1.54, 1.807) is 47.5 Å². The molecule has 40 heavy (non-hydrogen) atoms. The summed E-state index contributed by atoms with van der Waals surface area (Å²) in [5, 5.41) is 22.1. The summed E-state index contributed by atoms with van der Waals surface area (Å²) in [4.78, 5) is 44.5. The smallest absolute Gasteiger partial charge is 0.337 e. The maximum atomic E-state index is 14.9. The van der Waals surface area contributed by atoms with Crippen molar-refractivity contribution >= 4 is 45.5 Å². The Morgan fingerprint density at radius 2 is 1.88 bits per heavy atom. The predicted octanol–water partition coefficient (Wildman–Crippen LogP) is 4.28. The van der Waals surface area contributed by atoms with E-state index in [-0.39, 0.29) is 23.4 Å². The van der Waals surface area contributed by atoms with Crippen LogP contribution in [0.15, 0.2) is 77.1 Å². The number of halogens is 1. The Morgan fingerprint density at radius 3 is 2.52 bits per heavy atom. The summed E-state index contributed by atoms with van der Waals surface area (Å²) in [6, 6.07) is 15.6. The zero-order chi connectivity index (χ0) is 28.8. The summed E-state index contributed by atoms with van der Waals surface area (Å²) < 4.78 is 10.8. The minimum absolute atomic E-state index is 0.0494. The van der Waals surface area contributed by atoms with Gasteiger partial charge in [-0.25, -0.2) is 4.79 Å². The van der Waals surface area contributed by atoms with Crippen LogP contribution in [-0.4, -0.2) is 43.5 Å². The molecule has 0 unspecified atom stereocenters. The molecule has 3 heterocycles. The van der Waals surface area contributed by atoms with Gasteiger partial charge >= 0.3 is 11.9 Å². The van der Waals surface area contributed by atoms with Crippen LogP contribution in [0.3, 0.4) is 0 Å². The van der Waals surface area contributed by atoms with Crippen LogP contribution in [0.2, 0.25) is 0 Å². The molecule has 1 amide bonds. The van der Waals surface area contributed by atoms with Crippen molar-refractivity contribution in [3.63, 3.8) is 0 Å². The number of nitriles is 2. The summed E-state index contributed by atoms with van der Waals surface area (Å²) in [7, 11) is 2.36. The number of amides is 1. The largest absolute Gasteiger partial charge is 0.469 e. The lowest BCUT2D eigenvalue weighted by molar-refractivity contribution is -0.142. The molecule has 0 radical (unpaired) electrons. The molecule has 10 heteroatoms. The Labute approximate surface area is 239 Å². The van der Waals surface area contributed by atoms with Crippen molar-refractivity contribution in [1.82, 2.24) is 4.90 Å². The minimum Gasteiger partial charge on any atom is -0.469 e. The van der Waals surface area contributed by atoms with Crippen LogP contribution >= 0.6 is 15.9 Å². The van der Waals surface area contributed by atoms with Crippen molar-refractivity contribution in [1.29, 1.82) is 10.5 Å². The van der Waals surface area contributed by atoms with E-state index in [1.807, 2.05) is 12.1 Å². The number of carbonyl (C=O) groups excluding carboxylic acids is 3. The first kappa shape index (κ1) is 26.9. The van der Waals surface area contributed by atoms with Gasteiger partial charge in [0.1, 0.15) is 5.41 Å². The third-order valence-electron chi connectivity index (χ3n) is 7.77. The molecule has 0 bridgehead atoms. The van der Waals surface area contributed by atoms with Crippen LogP contribution in [0.1, 0.15) is 29.2 Å². The van der Waals surface area contributed by atoms with E-state index >= 15 is 0 Å². The Balaban J connectivity index is 2.05. The highest BCUT2D eigenvalue weighted by molar-refractivity contribution is 9.10. The van der Waals surface area contributed by atoms with Gasteiger partial charge in [-0.3, -0.25) is 9.59 Å². The molecule has 2 aromatic rings. The van der Waals surface area contributed by atoms with Crippen LogP contribution in [0, 0.1) is 28.1 Å². The van der Waals surface area contributed by atoms with Crippen molar-refractivity contribution in [3.8, 4) is 12.1 Å². The Hall–Kier alpha value is -4.67. The first-order chi connectivity index (χ1) is 19.3. The molecule has 3 aliphatic heterocycles. The van der Waals surface area contributed by atoms with Crippen molar-refractivity contribution < 1.29 is 23.9 Å². The first-order valence-electron chi connectivity index (χ1n) is 12.3. The summed E-state index contributed by atoms with van der Waals surface area (Å²) in [5.74, 6) is -2.29. The monoisotopic (exact) mass is 598 g/mol. The molecule has 0 aromatic heterocycles. The summed E-state index contributed by atoms with van der Waals surface area (Å²) in [5.41, 5.74) is -2.52. The number of esters is 2. The van der Waals surface area contributed by atoms with Gasteiger partial charge in [0.2, 0.25) is 5.91 Å². The molecular formula is C30H23BrN4O5. The van der Waals surface area contributed by atoms with E-state index in [0.29, 0.717) is 15.7 Å². The normalized spacial score (nSPS) is 21.6. The predicted molar refractivity (Wildman–Crippen MR) is 148 cm³/mol. The molecule has 5 rings (SSSR count). The van der Waals surface area contributed by atoms with E-state index < -0.39 is 41.1 Å². The molecule has 0 saturated carbocycles. The van der Waals surface area contributed by atoms with E-state index in [2.05, 4.69) is 34.6 Å². The van der Waals surface area contributed by atoms with Crippen molar-refractivity contribution in [2.24, 2.45) is 5.41 Å². The van der Waals surface area contributed by atoms with Crippen LogP contribution in [0.25, 0.3) is 6.08 Å². The average molecular weight is 599 g/mol. The standard InChI is InChI=1S/C30H23BrN4O5/c1-4-12-35-22-10-9-19(31)14-21(22)30(28(35)38)25(27(37)40-3)23(15-24(36)39-2)34-13-11-18-7-5-6-8-20(18)26(34)29(30,16-32)17-33/h4-11,13-14,26H,1,12,15H2,2-3H3/t26-,30-/m0/s1. The second kappa shape index (κ2) is 9.82. The fraction of sp³-hybridized carbons (Fsp3) is 0.233. The molecule has 200 valence electrons. The Morgan fingerprint density at radius 1 is 1.15 bits per heavy atom. The average Bonchev–Trinajstić information content (AvgIpc) is 3.20. The van der Waals surface area contributed by atoms with Gasteiger partial charge in [0.25, 0.3) is 0 Å². The molecule has 0 aliphatic carbocycles. The maximum absolute atomic E-state index is 14.9. The first-order valence-corrected chi connectivity index (χ1v) is 13.1. The lowest BCUT2D eigenvalue weighted by Gasteiger charge is -2.53. The number of carbonyl (C=O) groups is 3. The molecule has 3 aliphatic rings. The van der Waals surface area contributed by atoms with Crippen molar-refractivity contribution in [2.75, 3.05) is 25.7 Å². The maximum Gasteiger partial charge on any atom is 0.337 e. The van der Waals surface area contributed by atoms with Crippen LogP contribution in [-0.2, 0) is 29.3 Å². The SMILES string of the molecule is C=CCN1C(=O)[C@@]2(C(C(=O)OC)=C(CC(=O)OC)N3C=Cc4ccccc4[C@H]3C2(C#N)C#N)c2cc(Br)ccc21. The minimum atomic E-state index is -2.19. The third-order valence-corrected chi connectivity index (χ3v) is 8.27. The van der Waals surface area contributed by atoms with E-state index in [1.165, 1.54) is 18.1 Å². The molecule has 9 nitrogen and oxygen atoms in total. The van der Waals surface area contributed by atoms with Gasteiger partial charge in [0.15, 0.2) is 5.41 Å². The van der Waals surface area contributed by atoms with Gasteiger partial charge in [-0.2, -0.15) is 10.5 Å². The van der Waals surface area contributed by atoms with Crippen molar-refractivity contribution in [2.45, 2.75) is 17.9 Å². The summed E-state index contributed by atoms with van der Waals surface area (Å²) in [6.45, 7) is 3.82. The van der Waals surface area contributed by atoms with Crippen LogP contribution in [0.5, 0.6) is 0 Å². The van der Waals surface area contributed by atoms with Gasteiger partial charge < -0.3 is 19.3 Å². The highest BCUT2D eigenvalue weighted by atomic mass is 79.9. The number of hydrogen-bond donors (Lipinski definition) is 0. The zero-order valence-electron chi connectivity index (χ0n) is 21.7. The number of rotatable bonds is 5. The molecule has 2 atom stereocenters. The summed E-state index contributed by atoms with van der Waals surface area (Å²) in [6.07, 6.45) is 4.48. The van der Waals surface area contributed by atoms with Crippen LogP contribution in [0.4, 0.5) is 5.69 Å². The second-order valence-corrected chi connectivity index (χ2v) is 10.4. The van der Waals surface area contributed by atoms with Gasteiger partial charge in [-0.15, -0.1) is 6.58 Å². The number of benzene rings is 2. The number of nitrogens with zero attached hydrogens (tertiary/aromatic N) is 4. The van der Waals surface area contributed by atoms with Crippen molar-refractivity contribution in [3.05, 3.63) is 93.8 Å². The Bertz CT molecular complexity index is 1620. The fourth-order valence-electron chi connectivity index (χ4n) is 6.22. The third kappa shape index (κ3) is 3.33. The molecule has 1 spiro atoms. The van der Waals surface area contributed by atoms with E-state index in [9.17, 15) is 24.9 Å². The highest BCUT2D eigenvalue weighted by Crippen LogP contribution is 2.66. The zero-order valence-corrected chi connectivity index (χ0v) is 23.3. The van der Waals surface area contributed by atoms with Gasteiger partial charge in [0, 0.05) is 34.2 Å². The fourth-order valence-corrected chi connectivity index (χ4v) is 6.59. The molecular weight excluding hydrogens is 576 g/mol. The van der Waals surface area contributed by atoms with E-state index in [0.717, 1.165) is 12.7 Å². The van der Waals surface area contributed by atoms with Crippen LogP contribution < -0.4 is 4.90 Å². The highest BCUT2D eigenvalue weighted by Gasteiger charge is 2.75. The second-order valence-electron chi connectivity index (χ2n) is 9.47.